The number of hydrogen-bond acceptors (Lipinski definition) is 6. The van der Waals surface area contributed by atoms with Crippen LogP contribution in [0.3, 0.4) is 0 Å². The number of imidazole rings is 1. The monoisotopic (exact) mass is 475 g/mol. The highest BCUT2D eigenvalue weighted by Crippen LogP contribution is 2.32. The number of nitrogens with one attached hydrogen (secondary N) is 1. The Morgan fingerprint density at radius 2 is 1.56 bits per heavy atom. The molecule has 0 spiro atoms. The van der Waals surface area contributed by atoms with E-state index in [1.807, 2.05) is 71.6 Å². The Bertz CT molecular complexity index is 1480. The SMILES string of the molecule is O=C(c1ccc(Nc2ccncc2)cc1)N1CCC(n2c(-c3ccccn3)nc3cccnc32)CC1. The molecule has 5 heterocycles. The summed E-state index contributed by atoms with van der Waals surface area (Å²) in [4.78, 5) is 33.2. The predicted molar refractivity (Wildman–Crippen MR) is 139 cm³/mol. The Balaban J connectivity index is 1.17. The van der Waals surface area contributed by atoms with Gasteiger partial charge in [0.05, 0.1) is 0 Å². The highest BCUT2D eigenvalue weighted by molar-refractivity contribution is 5.94. The van der Waals surface area contributed by atoms with Crippen LogP contribution in [0.2, 0.25) is 0 Å². The van der Waals surface area contributed by atoms with E-state index in [0.29, 0.717) is 18.7 Å². The third-order valence-corrected chi connectivity index (χ3v) is 6.56. The van der Waals surface area contributed by atoms with Gasteiger partial charge in [0.1, 0.15) is 11.2 Å². The highest BCUT2D eigenvalue weighted by atomic mass is 16.2. The van der Waals surface area contributed by atoms with Crippen molar-refractivity contribution in [1.82, 2.24) is 29.4 Å². The number of fused-ring (bicyclic) bond motifs is 1. The zero-order valence-corrected chi connectivity index (χ0v) is 19.7. The molecule has 6 rings (SSSR count). The van der Waals surface area contributed by atoms with E-state index in [9.17, 15) is 4.79 Å². The summed E-state index contributed by atoms with van der Waals surface area (Å²) in [5.41, 5.74) is 5.13. The second kappa shape index (κ2) is 9.58. The number of aromatic nitrogens is 5. The number of carbonyl (C=O) groups is 1. The van der Waals surface area contributed by atoms with Crippen LogP contribution >= 0.6 is 0 Å². The number of piperidine rings is 1. The minimum absolute atomic E-state index is 0.0578. The maximum absolute atomic E-state index is 13.2. The normalized spacial score (nSPS) is 14.2. The molecular formula is C28H25N7O. The van der Waals surface area contributed by atoms with Gasteiger partial charge in [-0.25, -0.2) is 9.97 Å². The highest BCUT2D eigenvalue weighted by Gasteiger charge is 2.28. The Kier molecular flexibility index (Phi) is 5.83. The average Bonchev–Trinajstić information content (AvgIpc) is 3.34. The molecule has 1 aromatic carbocycles. The van der Waals surface area contributed by atoms with Crippen LogP contribution in [0, 0.1) is 0 Å². The molecule has 1 N–H and O–H groups in total. The minimum Gasteiger partial charge on any atom is -0.355 e. The lowest BCUT2D eigenvalue weighted by atomic mass is 10.0. The fourth-order valence-corrected chi connectivity index (χ4v) is 4.76. The van der Waals surface area contributed by atoms with Gasteiger partial charge in [-0.3, -0.25) is 14.8 Å². The summed E-state index contributed by atoms with van der Waals surface area (Å²) in [6.45, 7) is 1.35. The van der Waals surface area contributed by atoms with Crippen LogP contribution in [0.4, 0.5) is 11.4 Å². The Hall–Kier alpha value is -4.59. The van der Waals surface area contributed by atoms with Gasteiger partial charge in [0.2, 0.25) is 0 Å². The van der Waals surface area contributed by atoms with Gasteiger partial charge in [-0.15, -0.1) is 0 Å². The molecule has 0 radical (unpaired) electrons. The van der Waals surface area contributed by atoms with Gasteiger partial charge in [-0.05, 0) is 73.5 Å². The first kappa shape index (κ1) is 21.9. The Morgan fingerprint density at radius 3 is 2.31 bits per heavy atom. The van der Waals surface area contributed by atoms with Crippen molar-refractivity contribution in [3.05, 3.63) is 97.1 Å². The maximum Gasteiger partial charge on any atom is 0.253 e. The van der Waals surface area contributed by atoms with Crippen molar-refractivity contribution in [2.45, 2.75) is 18.9 Å². The van der Waals surface area contributed by atoms with Crippen molar-refractivity contribution < 1.29 is 4.79 Å². The minimum atomic E-state index is 0.0578. The van der Waals surface area contributed by atoms with Crippen LogP contribution in [0.1, 0.15) is 29.2 Å². The lowest BCUT2D eigenvalue weighted by Gasteiger charge is -2.33. The van der Waals surface area contributed by atoms with Crippen molar-refractivity contribution in [2.75, 3.05) is 18.4 Å². The van der Waals surface area contributed by atoms with Crippen molar-refractivity contribution in [2.24, 2.45) is 0 Å². The van der Waals surface area contributed by atoms with Gasteiger partial charge in [0.15, 0.2) is 11.5 Å². The first-order chi connectivity index (χ1) is 17.8. The number of rotatable bonds is 5. The summed E-state index contributed by atoms with van der Waals surface area (Å²) in [5, 5.41) is 3.32. The third kappa shape index (κ3) is 4.29. The summed E-state index contributed by atoms with van der Waals surface area (Å²) in [6.07, 6.45) is 8.72. The van der Waals surface area contributed by atoms with Gasteiger partial charge in [-0.1, -0.05) is 6.07 Å². The van der Waals surface area contributed by atoms with E-state index >= 15 is 0 Å². The smallest absolute Gasteiger partial charge is 0.253 e. The van der Waals surface area contributed by atoms with Gasteiger partial charge in [0, 0.05) is 60.9 Å². The summed E-state index contributed by atoms with van der Waals surface area (Å²) >= 11 is 0. The number of pyridine rings is 3. The van der Waals surface area contributed by atoms with Gasteiger partial charge < -0.3 is 14.8 Å². The van der Waals surface area contributed by atoms with E-state index in [2.05, 4.69) is 24.8 Å². The number of hydrogen-bond donors (Lipinski definition) is 1. The zero-order chi connectivity index (χ0) is 24.3. The molecular weight excluding hydrogens is 450 g/mol. The fraction of sp³-hybridized carbons (Fsp3) is 0.179. The second-order valence-electron chi connectivity index (χ2n) is 8.83. The van der Waals surface area contributed by atoms with Crippen LogP contribution in [0.15, 0.2) is 91.5 Å². The van der Waals surface area contributed by atoms with Crippen LogP contribution in [-0.4, -0.2) is 48.4 Å². The molecule has 8 heteroatoms. The van der Waals surface area contributed by atoms with Crippen molar-refractivity contribution in [1.29, 1.82) is 0 Å². The molecule has 178 valence electrons. The van der Waals surface area contributed by atoms with E-state index in [1.165, 1.54) is 0 Å². The number of amides is 1. The molecule has 1 aliphatic rings. The average molecular weight is 476 g/mol. The zero-order valence-electron chi connectivity index (χ0n) is 19.7. The molecule has 0 saturated carbocycles. The van der Waals surface area contributed by atoms with Crippen molar-refractivity contribution in [3.63, 3.8) is 0 Å². The van der Waals surface area contributed by atoms with E-state index in [0.717, 1.165) is 46.9 Å². The van der Waals surface area contributed by atoms with E-state index < -0.39 is 0 Å². The van der Waals surface area contributed by atoms with Crippen molar-refractivity contribution in [3.8, 4) is 11.5 Å². The molecule has 5 aromatic rings. The quantitative estimate of drug-likeness (QED) is 0.380. The summed E-state index contributed by atoms with van der Waals surface area (Å²) in [6, 6.07) is 21.4. The molecule has 0 aliphatic carbocycles. The van der Waals surface area contributed by atoms with Gasteiger partial charge in [0.25, 0.3) is 5.91 Å². The molecule has 8 nitrogen and oxygen atoms in total. The number of carbonyl (C=O) groups excluding carboxylic acids is 1. The second-order valence-corrected chi connectivity index (χ2v) is 8.83. The Labute approximate surface area is 208 Å². The standard InChI is InChI=1S/C28H25N7O/c36-28(20-6-8-21(9-7-20)32-22-10-16-29-17-11-22)34-18-12-23(13-19-34)35-26-25(5-3-15-31-26)33-27(35)24-4-1-2-14-30-24/h1-11,14-17,23H,12-13,18-19H2,(H,29,32). The van der Waals surface area contributed by atoms with Gasteiger partial charge >= 0.3 is 0 Å². The molecule has 1 saturated heterocycles. The van der Waals surface area contributed by atoms with Crippen LogP contribution in [0.5, 0.6) is 0 Å². The largest absolute Gasteiger partial charge is 0.355 e. The van der Waals surface area contributed by atoms with Crippen molar-refractivity contribution >= 4 is 28.4 Å². The van der Waals surface area contributed by atoms with E-state index in [-0.39, 0.29) is 11.9 Å². The Morgan fingerprint density at radius 1 is 0.806 bits per heavy atom. The van der Waals surface area contributed by atoms with Crippen LogP contribution in [0.25, 0.3) is 22.7 Å². The van der Waals surface area contributed by atoms with E-state index in [4.69, 9.17) is 4.98 Å². The molecule has 1 aliphatic heterocycles. The molecule has 0 bridgehead atoms. The number of likely N-dealkylation sites (tertiary alicyclic amines) is 1. The predicted octanol–water partition coefficient (Wildman–Crippen LogP) is 5.11. The number of nitrogens with zero attached hydrogens (tertiary/aromatic N) is 6. The van der Waals surface area contributed by atoms with Crippen LogP contribution in [-0.2, 0) is 0 Å². The molecule has 0 unspecified atom stereocenters. The first-order valence-electron chi connectivity index (χ1n) is 12.1. The molecule has 4 aromatic heterocycles. The maximum atomic E-state index is 13.2. The number of anilines is 2. The lowest BCUT2D eigenvalue weighted by molar-refractivity contribution is 0.0696. The summed E-state index contributed by atoms with van der Waals surface area (Å²) in [7, 11) is 0. The third-order valence-electron chi connectivity index (χ3n) is 6.56. The lowest BCUT2D eigenvalue weighted by Crippen LogP contribution is -2.39. The molecule has 1 amide bonds. The molecule has 0 atom stereocenters. The van der Waals surface area contributed by atoms with Crippen LogP contribution < -0.4 is 5.32 Å². The molecule has 1 fully saturated rings. The summed E-state index contributed by atoms with van der Waals surface area (Å²) in [5.74, 6) is 0.883. The van der Waals surface area contributed by atoms with E-state index in [1.54, 1.807) is 24.8 Å². The first-order valence-corrected chi connectivity index (χ1v) is 12.1. The fourth-order valence-electron chi connectivity index (χ4n) is 4.76. The topological polar surface area (TPSA) is 88.8 Å². The number of benzene rings is 1. The molecule has 36 heavy (non-hydrogen) atoms. The van der Waals surface area contributed by atoms with Gasteiger partial charge in [-0.2, -0.15) is 0 Å². The summed E-state index contributed by atoms with van der Waals surface area (Å²) < 4.78 is 2.21.